The standard InChI is InChI=1S/C18H26N2/c1-3-12-19-14-15(2)20-13-11-17-9-6-8-16-7-4-5-10-18(16)17/h4-10,15,19-20H,3,11-14H2,1-2H3. The molecule has 0 saturated heterocycles. The second-order valence-corrected chi connectivity index (χ2v) is 5.45. The lowest BCUT2D eigenvalue weighted by atomic mass is 10.0. The second kappa shape index (κ2) is 8.03. The number of hydrogen-bond donors (Lipinski definition) is 2. The van der Waals surface area contributed by atoms with Crippen molar-refractivity contribution >= 4 is 10.8 Å². The van der Waals surface area contributed by atoms with Crippen LogP contribution in [0.25, 0.3) is 10.8 Å². The molecule has 2 aromatic rings. The second-order valence-electron chi connectivity index (χ2n) is 5.45. The largest absolute Gasteiger partial charge is 0.315 e. The Kier molecular flexibility index (Phi) is 6.03. The Morgan fingerprint density at radius 3 is 2.65 bits per heavy atom. The maximum atomic E-state index is 3.59. The Morgan fingerprint density at radius 2 is 1.80 bits per heavy atom. The van der Waals surface area contributed by atoms with Crippen molar-refractivity contribution < 1.29 is 0 Å². The number of nitrogens with one attached hydrogen (secondary N) is 2. The van der Waals surface area contributed by atoms with Crippen molar-refractivity contribution in [3.05, 3.63) is 48.0 Å². The van der Waals surface area contributed by atoms with E-state index in [-0.39, 0.29) is 0 Å². The van der Waals surface area contributed by atoms with Gasteiger partial charge in [0, 0.05) is 12.6 Å². The molecule has 2 nitrogen and oxygen atoms in total. The van der Waals surface area contributed by atoms with Crippen LogP contribution in [0.2, 0.25) is 0 Å². The third kappa shape index (κ3) is 4.32. The van der Waals surface area contributed by atoms with Gasteiger partial charge in [-0.1, -0.05) is 49.4 Å². The van der Waals surface area contributed by atoms with Gasteiger partial charge in [-0.2, -0.15) is 0 Å². The van der Waals surface area contributed by atoms with Crippen LogP contribution in [0, 0.1) is 0 Å². The summed E-state index contributed by atoms with van der Waals surface area (Å²) in [5.74, 6) is 0. The van der Waals surface area contributed by atoms with Crippen molar-refractivity contribution in [2.24, 2.45) is 0 Å². The molecule has 0 radical (unpaired) electrons. The predicted octanol–water partition coefficient (Wildman–Crippen LogP) is 3.36. The van der Waals surface area contributed by atoms with Crippen molar-refractivity contribution in [3.63, 3.8) is 0 Å². The van der Waals surface area contributed by atoms with E-state index in [9.17, 15) is 0 Å². The third-order valence-electron chi connectivity index (χ3n) is 3.64. The third-order valence-corrected chi connectivity index (χ3v) is 3.64. The molecule has 20 heavy (non-hydrogen) atoms. The summed E-state index contributed by atoms with van der Waals surface area (Å²) in [7, 11) is 0. The average molecular weight is 270 g/mol. The van der Waals surface area contributed by atoms with Gasteiger partial charge in [-0.15, -0.1) is 0 Å². The topological polar surface area (TPSA) is 24.1 Å². The van der Waals surface area contributed by atoms with Gasteiger partial charge in [0.15, 0.2) is 0 Å². The molecule has 2 heteroatoms. The van der Waals surface area contributed by atoms with Gasteiger partial charge in [0.1, 0.15) is 0 Å². The molecule has 0 amide bonds. The predicted molar refractivity (Wildman–Crippen MR) is 88.3 cm³/mol. The van der Waals surface area contributed by atoms with Gasteiger partial charge in [0.05, 0.1) is 0 Å². The highest BCUT2D eigenvalue weighted by molar-refractivity contribution is 5.85. The van der Waals surface area contributed by atoms with Gasteiger partial charge >= 0.3 is 0 Å². The minimum absolute atomic E-state index is 0.525. The molecule has 0 fully saturated rings. The fourth-order valence-corrected chi connectivity index (χ4v) is 2.53. The summed E-state index contributed by atoms with van der Waals surface area (Å²) in [6, 6.07) is 15.7. The van der Waals surface area contributed by atoms with Crippen LogP contribution >= 0.6 is 0 Å². The lowest BCUT2D eigenvalue weighted by Crippen LogP contribution is -2.37. The molecule has 0 aromatic heterocycles. The molecular formula is C18H26N2. The smallest absolute Gasteiger partial charge is 0.0164 e. The molecule has 1 atom stereocenters. The van der Waals surface area contributed by atoms with Crippen molar-refractivity contribution in [1.82, 2.24) is 10.6 Å². The van der Waals surface area contributed by atoms with E-state index in [1.807, 2.05) is 0 Å². The van der Waals surface area contributed by atoms with Crippen molar-refractivity contribution in [1.29, 1.82) is 0 Å². The zero-order valence-electron chi connectivity index (χ0n) is 12.7. The monoisotopic (exact) mass is 270 g/mol. The van der Waals surface area contributed by atoms with Crippen LogP contribution in [0.15, 0.2) is 42.5 Å². The molecular weight excluding hydrogens is 244 g/mol. The Balaban J connectivity index is 1.84. The first-order valence-corrected chi connectivity index (χ1v) is 7.72. The van der Waals surface area contributed by atoms with E-state index in [4.69, 9.17) is 0 Å². The molecule has 2 aromatic carbocycles. The van der Waals surface area contributed by atoms with Gasteiger partial charge in [-0.3, -0.25) is 0 Å². The number of fused-ring (bicyclic) bond motifs is 1. The van der Waals surface area contributed by atoms with Crippen molar-refractivity contribution in [2.45, 2.75) is 32.7 Å². The van der Waals surface area contributed by atoms with Crippen LogP contribution in [0.5, 0.6) is 0 Å². The number of hydrogen-bond acceptors (Lipinski definition) is 2. The van der Waals surface area contributed by atoms with E-state index in [1.54, 1.807) is 0 Å². The SMILES string of the molecule is CCCNCC(C)NCCc1cccc2ccccc12. The molecule has 0 aliphatic rings. The fraction of sp³-hybridized carbons (Fsp3) is 0.444. The summed E-state index contributed by atoms with van der Waals surface area (Å²) in [5, 5.41) is 9.76. The van der Waals surface area contributed by atoms with Gasteiger partial charge < -0.3 is 10.6 Å². The highest BCUT2D eigenvalue weighted by Gasteiger charge is 2.02. The molecule has 0 aliphatic heterocycles. The van der Waals surface area contributed by atoms with Gasteiger partial charge in [-0.05, 0) is 49.2 Å². The van der Waals surface area contributed by atoms with Crippen molar-refractivity contribution in [3.8, 4) is 0 Å². The molecule has 108 valence electrons. The molecule has 2 N–H and O–H groups in total. The average Bonchev–Trinajstić information content (AvgIpc) is 2.48. The van der Waals surface area contributed by atoms with E-state index >= 15 is 0 Å². The van der Waals surface area contributed by atoms with E-state index in [0.717, 1.165) is 26.1 Å². The molecule has 0 aliphatic carbocycles. The maximum Gasteiger partial charge on any atom is 0.0164 e. The fourth-order valence-electron chi connectivity index (χ4n) is 2.53. The zero-order chi connectivity index (χ0) is 14.2. The zero-order valence-corrected chi connectivity index (χ0v) is 12.7. The summed E-state index contributed by atoms with van der Waals surface area (Å²) < 4.78 is 0. The first-order chi connectivity index (χ1) is 9.81. The van der Waals surface area contributed by atoms with E-state index in [0.29, 0.717) is 6.04 Å². The molecule has 0 spiro atoms. The van der Waals surface area contributed by atoms with E-state index in [2.05, 4.69) is 66.9 Å². The van der Waals surface area contributed by atoms with Gasteiger partial charge in [0.2, 0.25) is 0 Å². The Hall–Kier alpha value is -1.38. The highest BCUT2D eigenvalue weighted by atomic mass is 15.0. The molecule has 1 unspecified atom stereocenters. The summed E-state index contributed by atoms with van der Waals surface area (Å²) in [6.07, 6.45) is 2.28. The van der Waals surface area contributed by atoms with Crippen LogP contribution in [-0.2, 0) is 6.42 Å². The van der Waals surface area contributed by atoms with Crippen LogP contribution < -0.4 is 10.6 Å². The van der Waals surface area contributed by atoms with Crippen LogP contribution in [0.3, 0.4) is 0 Å². The lowest BCUT2D eigenvalue weighted by molar-refractivity contribution is 0.505. The molecule has 0 bridgehead atoms. The van der Waals surface area contributed by atoms with E-state index < -0.39 is 0 Å². The minimum Gasteiger partial charge on any atom is -0.315 e. The van der Waals surface area contributed by atoms with Gasteiger partial charge in [-0.25, -0.2) is 0 Å². The highest BCUT2D eigenvalue weighted by Crippen LogP contribution is 2.18. The summed E-state index contributed by atoms with van der Waals surface area (Å²) >= 11 is 0. The maximum absolute atomic E-state index is 3.59. The summed E-state index contributed by atoms with van der Waals surface area (Å²) in [6.45, 7) is 7.62. The van der Waals surface area contributed by atoms with E-state index in [1.165, 1.54) is 22.8 Å². The first-order valence-electron chi connectivity index (χ1n) is 7.72. The number of benzene rings is 2. The van der Waals surface area contributed by atoms with Crippen LogP contribution in [0.4, 0.5) is 0 Å². The first kappa shape index (κ1) is 15.0. The van der Waals surface area contributed by atoms with Gasteiger partial charge in [0.25, 0.3) is 0 Å². The molecule has 0 saturated carbocycles. The summed E-state index contributed by atoms with van der Waals surface area (Å²) in [4.78, 5) is 0. The molecule has 2 rings (SSSR count). The number of rotatable bonds is 8. The minimum atomic E-state index is 0.525. The summed E-state index contributed by atoms with van der Waals surface area (Å²) in [5.41, 5.74) is 1.43. The van der Waals surface area contributed by atoms with Crippen LogP contribution in [-0.4, -0.2) is 25.7 Å². The Labute approximate surface area is 122 Å². The quantitative estimate of drug-likeness (QED) is 0.719. The van der Waals surface area contributed by atoms with Crippen molar-refractivity contribution in [2.75, 3.05) is 19.6 Å². The molecule has 0 heterocycles. The normalized spacial score (nSPS) is 12.7. The Bertz CT molecular complexity index is 516. The lowest BCUT2D eigenvalue weighted by Gasteiger charge is -2.15. The van der Waals surface area contributed by atoms with Crippen LogP contribution in [0.1, 0.15) is 25.8 Å². The Morgan fingerprint density at radius 1 is 1.00 bits per heavy atom.